The molecule has 154 valence electrons. The third-order valence-electron chi connectivity index (χ3n) is 3.57. The average Bonchev–Trinajstić information content (AvgIpc) is 2.71. The lowest BCUT2D eigenvalue weighted by molar-refractivity contribution is -0.149. The predicted octanol–water partition coefficient (Wildman–Crippen LogP) is 3.71. The van der Waals surface area contributed by atoms with Crippen molar-refractivity contribution >= 4 is 23.6 Å². The van der Waals surface area contributed by atoms with Crippen molar-refractivity contribution in [2.75, 3.05) is 25.6 Å². The number of carbonyl (C=O) groups excluding carboxylic acids is 2. The van der Waals surface area contributed by atoms with Crippen LogP contribution in [0.4, 0.5) is 18.9 Å². The number of nitrogens with one attached hydrogen (secondary N) is 1. The zero-order chi connectivity index (χ0) is 21.4. The van der Waals surface area contributed by atoms with Crippen LogP contribution in [-0.4, -0.2) is 32.2 Å². The molecule has 2 aromatic carbocycles. The zero-order valence-electron chi connectivity index (χ0n) is 15.6. The number of anilines is 1. The van der Waals surface area contributed by atoms with E-state index in [-0.39, 0.29) is 0 Å². The first-order valence-corrected chi connectivity index (χ1v) is 8.38. The van der Waals surface area contributed by atoms with Gasteiger partial charge in [-0.2, -0.15) is 0 Å². The number of ether oxygens (including phenoxy) is 3. The molecule has 1 N–H and O–H groups in total. The van der Waals surface area contributed by atoms with Gasteiger partial charge in [0, 0.05) is 0 Å². The molecule has 0 heterocycles. The summed E-state index contributed by atoms with van der Waals surface area (Å²) in [5.41, 5.74) is 0.299. The Morgan fingerprint density at radius 3 is 2.48 bits per heavy atom. The Labute approximate surface area is 164 Å². The van der Waals surface area contributed by atoms with Crippen LogP contribution in [-0.2, 0) is 14.3 Å². The van der Waals surface area contributed by atoms with Crippen molar-refractivity contribution in [3.05, 3.63) is 59.4 Å². The van der Waals surface area contributed by atoms with Gasteiger partial charge >= 0.3 is 5.97 Å². The summed E-state index contributed by atoms with van der Waals surface area (Å²) in [7, 11) is 1.45. The highest BCUT2D eigenvalue weighted by Gasteiger charge is 2.16. The number of amides is 1. The molecule has 0 aliphatic rings. The third-order valence-corrected chi connectivity index (χ3v) is 3.57. The van der Waals surface area contributed by atoms with Gasteiger partial charge in [-0.05, 0) is 36.8 Å². The Morgan fingerprint density at radius 2 is 1.79 bits per heavy atom. The van der Waals surface area contributed by atoms with Gasteiger partial charge in [0.25, 0.3) is 5.91 Å². The largest absolute Gasteiger partial charge is 0.493 e. The minimum Gasteiger partial charge on any atom is -0.493 e. The number of methoxy groups -OCH3 is 1. The van der Waals surface area contributed by atoms with Gasteiger partial charge in [0.05, 0.1) is 12.8 Å². The van der Waals surface area contributed by atoms with E-state index in [2.05, 4.69) is 0 Å². The molecular weight excluding hydrogens is 391 g/mol. The number of halogens is 3. The molecule has 0 saturated heterocycles. The fourth-order valence-corrected chi connectivity index (χ4v) is 2.23. The van der Waals surface area contributed by atoms with E-state index < -0.39 is 48.2 Å². The van der Waals surface area contributed by atoms with Gasteiger partial charge < -0.3 is 19.5 Å². The van der Waals surface area contributed by atoms with Crippen LogP contribution >= 0.6 is 0 Å². The van der Waals surface area contributed by atoms with Gasteiger partial charge in [0.1, 0.15) is 0 Å². The summed E-state index contributed by atoms with van der Waals surface area (Å²) in [6.45, 7) is 0.591. The summed E-state index contributed by atoms with van der Waals surface area (Å²) in [6, 6.07) is 6.58. The number of benzene rings is 2. The van der Waals surface area contributed by atoms with Gasteiger partial charge in [-0.1, -0.05) is 18.2 Å². The highest BCUT2D eigenvalue weighted by molar-refractivity contribution is 5.93. The summed E-state index contributed by atoms with van der Waals surface area (Å²) < 4.78 is 54.7. The zero-order valence-corrected chi connectivity index (χ0v) is 15.6. The number of allylic oxidation sites excluding steroid dienone is 1. The molecule has 0 fully saturated rings. The SMILES string of the molecule is C/C=C/c1ccc(OCC(=O)OCC(=O)Nc2ccc(F)c(F)c2F)c(OC)c1. The monoisotopic (exact) mass is 409 g/mol. The molecule has 0 aliphatic heterocycles. The fourth-order valence-electron chi connectivity index (χ4n) is 2.23. The molecule has 9 heteroatoms. The molecule has 0 atom stereocenters. The number of rotatable bonds is 8. The van der Waals surface area contributed by atoms with Crippen LogP contribution in [0, 0.1) is 17.5 Å². The van der Waals surface area contributed by atoms with E-state index in [0.717, 1.165) is 11.6 Å². The van der Waals surface area contributed by atoms with Crippen LogP contribution < -0.4 is 14.8 Å². The van der Waals surface area contributed by atoms with E-state index >= 15 is 0 Å². The van der Waals surface area contributed by atoms with Crippen molar-refractivity contribution in [2.24, 2.45) is 0 Å². The second kappa shape index (κ2) is 10.2. The highest BCUT2D eigenvalue weighted by atomic mass is 19.2. The molecule has 6 nitrogen and oxygen atoms in total. The molecule has 1 amide bonds. The van der Waals surface area contributed by atoms with Crippen molar-refractivity contribution in [1.82, 2.24) is 0 Å². The molecule has 0 saturated carbocycles. The van der Waals surface area contributed by atoms with Crippen LogP contribution in [0.2, 0.25) is 0 Å². The topological polar surface area (TPSA) is 73.9 Å². The lowest BCUT2D eigenvalue weighted by Gasteiger charge is -2.11. The van der Waals surface area contributed by atoms with Crippen LogP contribution in [0.1, 0.15) is 12.5 Å². The van der Waals surface area contributed by atoms with Gasteiger partial charge in [0.2, 0.25) is 0 Å². The Balaban J connectivity index is 1.86. The number of hydrogen-bond donors (Lipinski definition) is 1. The molecular formula is C20H18F3NO5. The molecule has 0 radical (unpaired) electrons. The Kier molecular flexibility index (Phi) is 7.64. The maximum Gasteiger partial charge on any atom is 0.344 e. The lowest BCUT2D eigenvalue weighted by atomic mass is 10.2. The maximum absolute atomic E-state index is 13.5. The lowest BCUT2D eigenvalue weighted by Crippen LogP contribution is -2.24. The number of hydrogen-bond acceptors (Lipinski definition) is 5. The van der Waals surface area contributed by atoms with E-state index in [9.17, 15) is 22.8 Å². The Morgan fingerprint density at radius 1 is 1.03 bits per heavy atom. The second-order valence-corrected chi connectivity index (χ2v) is 5.63. The van der Waals surface area contributed by atoms with Gasteiger partial charge in [0.15, 0.2) is 42.2 Å². The normalized spacial score (nSPS) is 10.7. The molecule has 29 heavy (non-hydrogen) atoms. The molecule has 0 unspecified atom stereocenters. The van der Waals surface area contributed by atoms with Crippen LogP contribution in [0.3, 0.4) is 0 Å². The van der Waals surface area contributed by atoms with E-state index in [1.807, 2.05) is 24.4 Å². The van der Waals surface area contributed by atoms with E-state index in [1.54, 1.807) is 18.2 Å². The standard InChI is InChI=1S/C20H18F3NO5/c1-3-4-12-5-8-15(16(9-12)27-2)28-11-18(26)29-10-17(25)24-14-7-6-13(21)19(22)20(14)23/h3-9H,10-11H2,1-2H3,(H,24,25)/b4-3+. The quantitative estimate of drug-likeness (QED) is 0.532. The van der Waals surface area contributed by atoms with E-state index in [4.69, 9.17) is 14.2 Å². The van der Waals surface area contributed by atoms with Crippen molar-refractivity contribution < 1.29 is 37.0 Å². The first kappa shape index (κ1) is 21.8. The van der Waals surface area contributed by atoms with E-state index in [0.29, 0.717) is 17.6 Å². The average molecular weight is 409 g/mol. The number of carbonyl (C=O) groups is 2. The number of esters is 1. The van der Waals surface area contributed by atoms with Crippen LogP contribution in [0.25, 0.3) is 6.08 Å². The summed E-state index contributed by atoms with van der Waals surface area (Å²) in [5, 5.41) is 1.98. The second-order valence-electron chi connectivity index (χ2n) is 5.63. The first-order valence-electron chi connectivity index (χ1n) is 8.38. The Hall–Kier alpha value is -3.49. The summed E-state index contributed by atoms with van der Waals surface area (Å²) >= 11 is 0. The van der Waals surface area contributed by atoms with Crippen LogP contribution in [0.5, 0.6) is 11.5 Å². The van der Waals surface area contributed by atoms with Gasteiger partial charge in [-0.3, -0.25) is 4.79 Å². The molecule has 0 aromatic heterocycles. The molecule has 2 aromatic rings. The van der Waals surface area contributed by atoms with Crippen molar-refractivity contribution in [2.45, 2.75) is 6.92 Å². The summed E-state index contributed by atoms with van der Waals surface area (Å²) in [5.74, 6) is -5.77. The maximum atomic E-state index is 13.5. The minimum atomic E-state index is -1.72. The third kappa shape index (κ3) is 6.00. The molecule has 0 aliphatic carbocycles. The van der Waals surface area contributed by atoms with Gasteiger partial charge in [-0.15, -0.1) is 0 Å². The predicted molar refractivity (Wildman–Crippen MR) is 99.1 cm³/mol. The van der Waals surface area contributed by atoms with Crippen LogP contribution in [0.15, 0.2) is 36.4 Å². The molecule has 0 spiro atoms. The smallest absolute Gasteiger partial charge is 0.344 e. The van der Waals surface area contributed by atoms with Crippen molar-refractivity contribution in [3.63, 3.8) is 0 Å². The summed E-state index contributed by atoms with van der Waals surface area (Å²) in [6.07, 6.45) is 3.71. The fraction of sp³-hybridized carbons (Fsp3) is 0.200. The van der Waals surface area contributed by atoms with Crippen molar-refractivity contribution in [3.8, 4) is 11.5 Å². The first-order chi connectivity index (χ1) is 13.8. The van der Waals surface area contributed by atoms with Crippen molar-refractivity contribution in [1.29, 1.82) is 0 Å². The molecule has 0 bridgehead atoms. The molecule has 2 rings (SSSR count). The Bertz CT molecular complexity index is 931. The minimum absolute atomic E-state index is 0.297. The van der Waals surface area contributed by atoms with E-state index in [1.165, 1.54) is 7.11 Å². The highest BCUT2D eigenvalue weighted by Crippen LogP contribution is 2.28. The van der Waals surface area contributed by atoms with Gasteiger partial charge in [-0.25, -0.2) is 18.0 Å². The summed E-state index contributed by atoms with van der Waals surface area (Å²) in [4.78, 5) is 23.4.